The van der Waals surface area contributed by atoms with Crippen LogP contribution in [0.4, 0.5) is 4.39 Å². The smallest absolute Gasteiger partial charge is 0.400 e. The molecule has 11 heteroatoms. The van der Waals surface area contributed by atoms with Gasteiger partial charge in [-0.05, 0) is 54.6 Å². The number of carbonyl (C=O) groups is 2. The second-order valence-corrected chi connectivity index (χ2v) is 6.67. The van der Waals surface area contributed by atoms with Gasteiger partial charge in [0.2, 0.25) is 5.76 Å². The van der Waals surface area contributed by atoms with E-state index in [1.807, 2.05) is 0 Å². The van der Waals surface area contributed by atoms with Crippen LogP contribution in [-0.2, 0) is 16.2 Å². The van der Waals surface area contributed by atoms with Crippen LogP contribution in [0.1, 0.15) is 21.9 Å². The Morgan fingerprint density at radius 3 is 2.47 bits per heavy atom. The number of amides is 1. The Hall–Kier alpha value is -4.05. The number of hydrogen-bond acceptors (Lipinski definition) is 7. The molecule has 32 heavy (non-hydrogen) atoms. The monoisotopic (exact) mass is 461 g/mol. The third kappa shape index (κ3) is 6.22. The van der Waals surface area contributed by atoms with E-state index in [0.29, 0.717) is 17.1 Å². The summed E-state index contributed by atoms with van der Waals surface area (Å²) in [7, 11) is 0. The second kappa shape index (κ2) is 10.3. The van der Waals surface area contributed by atoms with Gasteiger partial charge < -0.3 is 30.2 Å². The maximum Gasteiger partial charge on any atom is 0.400 e. The molecule has 1 amide bonds. The Morgan fingerprint density at radius 1 is 1.03 bits per heavy atom. The van der Waals surface area contributed by atoms with Crippen molar-refractivity contribution in [2.45, 2.75) is 6.61 Å². The lowest BCUT2D eigenvalue weighted by molar-refractivity contribution is -0.119. The first-order valence-corrected chi connectivity index (χ1v) is 9.42. The number of ether oxygens (including phenoxy) is 2. The number of halogens is 2. The number of carbonyl (C=O) groups excluding carboxylic acids is 2. The topological polar surface area (TPSA) is 139 Å². The largest absolute Gasteiger partial charge is 0.484 e. The van der Waals surface area contributed by atoms with Crippen molar-refractivity contribution in [3.63, 3.8) is 0 Å². The van der Waals surface area contributed by atoms with Gasteiger partial charge in [-0.1, -0.05) is 16.8 Å². The average molecular weight is 462 g/mol. The summed E-state index contributed by atoms with van der Waals surface area (Å²) in [5.41, 5.74) is 11.3. The first-order valence-electron chi connectivity index (χ1n) is 9.04. The highest BCUT2D eigenvalue weighted by Crippen LogP contribution is 2.26. The van der Waals surface area contributed by atoms with Crippen LogP contribution in [-0.4, -0.2) is 24.3 Å². The summed E-state index contributed by atoms with van der Waals surface area (Å²) in [6.07, 6.45) is 0. The third-order valence-electron chi connectivity index (χ3n) is 3.88. The molecule has 0 unspecified atom stereocenters. The quantitative estimate of drug-likeness (QED) is 0.216. The minimum atomic E-state index is -0.875. The van der Waals surface area contributed by atoms with Gasteiger partial charge in [0.05, 0.1) is 5.02 Å². The van der Waals surface area contributed by atoms with Gasteiger partial charge in [0, 0.05) is 5.56 Å². The zero-order valence-electron chi connectivity index (χ0n) is 16.4. The molecule has 0 aliphatic carbocycles. The predicted molar refractivity (Wildman–Crippen MR) is 112 cm³/mol. The van der Waals surface area contributed by atoms with Crippen molar-refractivity contribution >= 4 is 29.3 Å². The number of nitrogens with zero attached hydrogens (tertiary/aromatic N) is 1. The third-order valence-corrected chi connectivity index (χ3v) is 4.18. The van der Waals surface area contributed by atoms with Crippen molar-refractivity contribution < 1.29 is 32.7 Å². The first kappa shape index (κ1) is 22.6. The van der Waals surface area contributed by atoms with Crippen molar-refractivity contribution in [1.82, 2.24) is 0 Å². The van der Waals surface area contributed by atoms with Gasteiger partial charge >= 0.3 is 5.97 Å². The van der Waals surface area contributed by atoms with Crippen LogP contribution in [0.5, 0.6) is 11.5 Å². The molecule has 166 valence electrons. The van der Waals surface area contributed by atoms with Crippen LogP contribution in [0.15, 0.2) is 64.2 Å². The van der Waals surface area contributed by atoms with Crippen LogP contribution in [0.2, 0.25) is 5.02 Å². The summed E-state index contributed by atoms with van der Waals surface area (Å²) in [6, 6.07) is 12.8. The highest BCUT2D eigenvalue weighted by Gasteiger charge is 2.14. The molecule has 0 fully saturated rings. The van der Waals surface area contributed by atoms with Gasteiger partial charge in [0.1, 0.15) is 29.7 Å². The van der Waals surface area contributed by atoms with Gasteiger partial charge in [-0.15, -0.1) is 0 Å². The van der Waals surface area contributed by atoms with Crippen LogP contribution in [0.25, 0.3) is 0 Å². The summed E-state index contributed by atoms with van der Waals surface area (Å²) in [5, 5.41) is 3.69. The Morgan fingerprint density at radius 2 is 1.78 bits per heavy atom. The summed E-state index contributed by atoms with van der Waals surface area (Å²) >= 11 is 5.89. The Labute approximate surface area is 186 Å². The molecule has 0 radical (unpaired) electrons. The Bertz CT molecular complexity index is 1150. The maximum atomic E-state index is 13.1. The summed E-state index contributed by atoms with van der Waals surface area (Å²) in [6.45, 7) is -0.304. The Kier molecular flexibility index (Phi) is 7.29. The minimum absolute atomic E-state index is 0.0474. The first-order chi connectivity index (χ1) is 15.3. The number of amidine groups is 1. The molecule has 0 atom stereocenters. The normalized spacial score (nSPS) is 11.1. The van der Waals surface area contributed by atoms with E-state index in [1.165, 1.54) is 24.3 Å². The summed E-state index contributed by atoms with van der Waals surface area (Å²) in [4.78, 5) is 27.6. The lowest BCUT2D eigenvalue weighted by Crippen LogP contribution is -2.20. The standard InChI is InChI=1S/C21H17ClFN3O6/c22-16-9-13(23)3-7-17(16)30-10-15-6-8-18(31-15)21(28)32-26-20(25)12-1-4-14(5-2-12)29-11-19(24)27/h1-9H,10-11H2,(H2,24,27)(H2,25,26). The van der Waals surface area contributed by atoms with E-state index < -0.39 is 17.7 Å². The van der Waals surface area contributed by atoms with E-state index in [4.69, 9.17) is 41.8 Å². The van der Waals surface area contributed by atoms with Crippen LogP contribution in [0.3, 0.4) is 0 Å². The number of benzene rings is 2. The fraction of sp³-hybridized carbons (Fsp3) is 0.0952. The number of rotatable bonds is 9. The van der Waals surface area contributed by atoms with E-state index >= 15 is 0 Å². The van der Waals surface area contributed by atoms with E-state index in [2.05, 4.69) is 5.16 Å². The Balaban J connectivity index is 1.54. The van der Waals surface area contributed by atoms with Crippen molar-refractivity contribution in [1.29, 1.82) is 0 Å². The molecule has 1 aromatic heterocycles. The fourth-order valence-corrected chi connectivity index (χ4v) is 2.59. The highest BCUT2D eigenvalue weighted by atomic mass is 35.5. The number of furan rings is 1. The van der Waals surface area contributed by atoms with E-state index in [1.54, 1.807) is 24.3 Å². The van der Waals surface area contributed by atoms with Crippen LogP contribution < -0.4 is 20.9 Å². The number of primary amides is 1. The van der Waals surface area contributed by atoms with Gasteiger partial charge in [0.25, 0.3) is 5.91 Å². The predicted octanol–water partition coefficient (Wildman–Crippen LogP) is 2.99. The van der Waals surface area contributed by atoms with Gasteiger partial charge in [-0.3, -0.25) is 4.79 Å². The fourth-order valence-electron chi connectivity index (χ4n) is 2.37. The molecule has 4 N–H and O–H groups in total. The van der Waals surface area contributed by atoms with Crippen molar-refractivity contribution in [3.05, 3.63) is 82.5 Å². The molecule has 0 aliphatic heterocycles. The van der Waals surface area contributed by atoms with Gasteiger partial charge in [0.15, 0.2) is 12.4 Å². The zero-order chi connectivity index (χ0) is 23.1. The molecule has 0 saturated heterocycles. The van der Waals surface area contributed by atoms with E-state index in [9.17, 15) is 14.0 Å². The molecule has 3 aromatic rings. The molecule has 0 spiro atoms. The van der Waals surface area contributed by atoms with E-state index in [-0.39, 0.29) is 35.6 Å². The van der Waals surface area contributed by atoms with Crippen molar-refractivity contribution in [2.24, 2.45) is 16.6 Å². The molecule has 0 saturated carbocycles. The van der Waals surface area contributed by atoms with Crippen LogP contribution >= 0.6 is 11.6 Å². The van der Waals surface area contributed by atoms with Gasteiger partial charge in [-0.2, -0.15) is 0 Å². The summed E-state index contributed by atoms with van der Waals surface area (Å²) in [5.74, 6) is -1.18. The molecule has 9 nitrogen and oxygen atoms in total. The van der Waals surface area contributed by atoms with Crippen molar-refractivity contribution in [3.8, 4) is 11.5 Å². The molecular formula is C21H17ClFN3O6. The van der Waals surface area contributed by atoms with Gasteiger partial charge in [-0.25, -0.2) is 9.18 Å². The SMILES string of the molecule is NC(=O)COc1ccc(/C(N)=N/OC(=O)c2ccc(COc3ccc(F)cc3Cl)o2)cc1. The molecule has 0 aliphatic rings. The van der Waals surface area contributed by atoms with Crippen LogP contribution in [0, 0.1) is 5.82 Å². The minimum Gasteiger partial charge on any atom is -0.484 e. The molecule has 3 rings (SSSR count). The average Bonchev–Trinajstić information content (AvgIpc) is 3.24. The van der Waals surface area contributed by atoms with E-state index in [0.717, 1.165) is 6.07 Å². The lowest BCUT2D eigenvalue weighted by Gasteiger charge is -2.06. The molecule has 0 bridgehead atoms. The highest BCUT2D eigenvalue weighted by molar-refractivity contribution is 6.32. The lowest BCUT2D eigenvalue weighted by atomic mass is 10.2. The zero-order valence-corrected chi connectivity index (χ0v) is 17.2. The van der Waals surface area contributed by atoms with Crippen molar-refractivity contribution in [2.75, 3.05) is 6.61 Å². The molecular weight excluding hydrogens is 445 g/mol. The second-order valence-electron chi connectivity index (χ2n) is 6.26. The number of hydrogen-bond donors (Lipinski definition) is 2. The molecule has 1 heterocycles. The summed E-state index contributed by atoms with van der Waals surface area (Å²) < 4.78 is 29.0. The number of oxime groups is 1. The number of nitrogens with two attached hydrogens (primary N) is 2. The molecule has 2 aromatic carbocycles. The maximum absolute atomic E-state index is 13.1.